The SMILES string of the molecule is O=C(C1CSCN1C(=O)/C=C/c1cn(-c2ccccc2)nc1-c1cccnc1)N1CCCC1. The third kappa shape index (κ3) is 4.57. The minimum absolute atomic E-state index is 0.0761. The van der Waals surface area contributed by atoms with E-state index in [1.54, 1.807) is 45.9 Å². The number of benzene rings is 1. The van der Waals surface area contributed by atoms with Crippen LogP contribution in [0.1, 0.15) is 18.4 Å². The summed E-state index contributed by atoms with van der Waals surface area (Å²) in [6, 6.07) is 13.3. The predicted molar refractivity (Wildman–Crippen MR) is 130 cm³/mol. The molecule has 2 fully saturated rings. The van der Waals surface area contributed by atoms with Gasteiger partial charge in [0, 0.05) is 54.6 Å². The van der Waals surface area contributed by atoms with Crippen molar-refractivity contribution >= 4 is 29.7 Å². The van der Waals surface area contributed by atoms with Gasteiger partial charge < -0.3 is 9.80 Å². The van der Waals surface area contributed by atoms with Crippen LogP contribution in [-0.2, 0) is 9.59 Å². The number of likely N-dealkylation sites (tertiary alicyclic amines) is 1. The molecule has 0 aliphatic carbocycles. The van der Waals surface area contributed by atoms with Crippen molar-refractivity contribution in [1.82, 2.24) is 24.6 Å². The first-order chi connectivity index (χ1) is 16.2. The van der Waals surface area contributed by atoms with Gasteiger partial charge in [-0.05, 0) is 43.2 Å². The fraction of sp³-hybridized carbons (Fsp3) is 0.280. The van der Waals surface area contributed by atoms with E-state index in [0.29, 0.717) is 11.6 Å². The summed E-state index contributed by atoms with van der Waals surface area (Å²) in [6.07, 6.45) is 10.8. The quantitative estimate of drug-likeness (QED) is 0.547. The summed E-state index contributed by atoms with van der Waals surface area (Å²) in [7, 11) is 0. The first kappa shape index (κ1) is 21.5. The van der Waals surface area contributed by atoms with Gasteiger partial charge in [0.2, 0.25) is 11.8 Å². The highest BCUT2D eigenvalue weighted by atomic mass is 32.2. The van der Waals surface area contributed by atoms with Crippen LogP contribution in [0.25, 0.3) is 23.0 Å². The molecule has 0 radical (unpaired) electrons. The number of amides is 2. The number of carbonyl (C=O) groups is 2. The van der Waals surface area contributed by atoms with E-state index in [1.165, 1.54) is 0 Å². The largest absolute Gasteiger partial charge is 0.341 e. The van der Waals surface area contributed by atoms with E-state index in [0.717, 1.165) is 48.4 Å². The first-order valence-corrected chi connectivity index (χ1v) is 12.3. The van der Waals surface area contributed by atoms with Crippen LogP contribution >= 0.6 is 11.8 Å². The van der Waals surface area contributed by atoms with Crippen molar-refractivity contribution in [2.45, 2.75) is 18.9 Å². The maximum atomic E-state index is 13.1. The van der Waals surface area contributed by atoms with Crippen LogP contribution in [0.5, 0.6) is 0 Å². The zero-order chi connectivity index (χ0) is 22.6. The Hall–Kier alpha value is -3.39. The lowest BCUT2D eigenvalue weighted by Crippen LogP contribution is -2.47. The van der Waals surface area contributed by atoms with Crippen LogP contribution in [0.2, 0.25) is 0 Å². The number of thioether (sulfide) groups is 1. The van der Waals surface area contributed by atoms with E-state index in [-0.39, 0.29) is 17.9 Å². The second-order valence-electron chi connectivity index (χ2n) is 8.14. The maximum absolute atomic E-state index is 13.1. The first-order valence-electron chi connectivity index (χ1n) is 11.1. The molecule has 0 N–H and O–H groups in total. The van der Waals surface area contributed by atoms with Crippen molar-refractivity contribution in [2.75, 3.05) is 24.7 Å². The summed E-state index contributed by atoms with van der Waals surface area (Å²) >= 11 is 1.63. The molecule has 0 spiro atoms. The number of carbonyl (C=O) groups excluding carboxylic acids is 2. The maximum Gasteiger partial charge on any atom is 0.247 e. The summed E-state index contributed by atoms with van der Waals surface area (Å²) in [5.74, 6) is 1.11. The van der Waals surface area contributed by atoms with Gasteiger partial charge in [0.05, 0.1) is 11.6 Å². The van der Waals surface area contributed by atoms with E-state index in [9.17, 15) is 9.59 Å². The Bertz CT molecular complexity index is 1160. The third-order valence-corrected chi connectivity index (χ3v) is 6.98. The second-order valence-corrected chi connectivity index (χ2v) is 9.14. The Kier molecular flexibility index (Phi) is 6.26. The lowest BCUT2D eigenvalue weighted by molar-refractivity contribution is -0.140. The van der Waals surface area contributed by atoms with Gasteiger partial charge in [0.25, 0.3) is 0 Å². The normalized spacial score (nSPS) is 18.4. The van der Waals surface area contributed by atoms with Crippen molar-refractivity contribution in [3.05, 3.63) is 72.7 Å². The molecule has 2 aromatic heterocycles. The molecular weight excluding hydrogens is 434 g/mol. The van der Waals surface area contributed by atoms with Gasteiger partial charge in [-0.15, -0.1) is 11.8 Å². The van der Waals surface area contributed by atoms with Crippen molar-refractivity contribution in [2.24, 2.45) is 0 Å². The molecule has 2 saturated heterocycles. The second kappa shape index (κ2) is 9.62. The number of pyridine rings is 1. The Balaban J connectivity index is 1.40. The van der Waals surface area contributed by atoms with E-state index >= 15 is 0 Å². The molecule has 0 saturated carbocycles. The zero-order valence-corrected chi connectivity index (χ0v) is 19.0. The number of hydrogen-bond acceptors (Lipinski definition) is 5. The van der Waals surface area contributed by atoms with Gasteiger partial charge in [0.1, 0.15) is 11.7 Å². The van der Waals surface area contributed by atoms with Crippen molar-refractivity contribution in [3.63, 3.8) is 0 Å². The Morgan fingerprint density at radius 2 is 1.88 bits per heavy atom. The molecule has 33 heavy (non-hydrogen) atoms. The van der Waals surface area contributed by atoms with E-state index in [4.69, 9.17) is 5.10 Å². The lowest BCUT2D eigenvalue weighted by Gasteiger charge is -2.26. The molecular formula is C25H25N5O2S. The topological polar surface area (TPSA) is 71.3 Å². The van der Waals surface area contributed by atoms with Crippen LogP contribution in [0.4, 0.5) is 0 Å². The minimum Gasteiger partial charge on any atom is -0.341 e. The molecule has 8 heteroatoms. The van der Waals surface area contributed by atoms with Gasteiger partial charge in [0.15, 0.2) is 0 Å². The van der Waals surface area contributed by atoms with Crippen molar-refractivity contribution in [3.8, 4) is 16.9 Å². The van der Waals surface area contributed by atoms with Crippen molar-refractivity contribution in [1.29, 1.82) is 0 Å². The smallest absolute Gasteiger partial charge is 0.247 e. The number of rotatable bonds is 5. The molecule has 1 atom stereocenters. The molecule has 2 amide bonds. The monoisotopic (exact) mass is 459 g/mol. The molecule has 5 rings (SSSR count). The Labute approximate surface area is 197 Å². The molecule has 2 aliphatic rings. The highest BCUT2D eigenvalue weighted by molar-refractivity contribution is 7.99. The molecule has 168 valence electrons. The molecule has 3 aromatic rings. The van der Waals surface area contributed by atoms with Gasteiger partial charge in [-0.25, -0.2) is 4.68 Å². The van der Waals surface area contributed by atoms with Crippen LogP contribution in [-0.4, -0.2) is 67.1 Å². The summed E-state index contributed by atoms with van der Waals surface area (Å²) in [5.41, 5.74) is 3.37. The van der Waals surface area contributed by atoms with Gasteiger partial charge in [-0.2, -0.15) is 5.10 Å². The highest BCUT2D eigenvalue weighted by Gasteiger charge is 2.36. The Morgan fingerprint density at radius 3 is 2.64 bits per heavy atom. The van der Waals surface area contributed by atoms with Gasteiger partial charge >= 0.3 is 0 Å². The molecule has 0 bridgehead atoms. The van der Waals surface area contributed by atoms with Crippen molar-refractivity contribution < 1.29 is 9.59 Å². The Morgan fingerprint density at radius 1 is 1.06 bits per heavy atom. The lowest BCUT2D eigenvalue weighted by atomic mass is 10.1. The predicted octanol–water partition coefficient (Wildman–Crippen LogP) is 3.47. The summed E-state index contributed by atoms with van der Waals surface area (Å²) in [4.78, 5) is 33.8. The minimum atomic E-state index is -0.380. The average Bonchev–Trinajstić information content (AvgIpc) is 3.64. The van der Waals surface area contributed by atoms with Crippen LogP contribution in [0.3, 0.4) is 0 Å². The van der Waals surface area contributed by atoms with E-state index in [1.807, 2.05) is 53.6 Å². The molecule has 7 nitrogen and oxygen atoms in total. The molecule has 2 aliphatic heterocycles. The van der Waals surface area contributed by atoms with Gasteiger partial charge in [-0.3, -0.25) is 14.6 Å². The molecule has 4 heterocycles. The standard InChI is InChI=1S/C25H25N5O2S/c31-23(29-18-33-17-22(29)25(32)28-13-4-5-14-28)11-10-20-16-30(21-8-2-1-3-9-21)27-24(20)19-7-6-12-26-15-19/h1-3,6-12,15-16,22H,4-5,13-14,17-18H2/b11-10+. The number of hydrogen-bond donors (Lipinski definition) is 0. The summed E-state index contributed by atoms with van der Waals surface area (Å²) < 4.78 is 1.80. The third-order valence-electron chi connectivity index (χ3n) is 5.97. The summed E-state index contributed by atoms with van der Waals surface area (Å²) in [5, 5.41) is 4.76. The van der Waals surface area contributed by atoms with E-state index in [2.05, 4.69) is 4.98 Å². The number of para-hydroxylation sites is 1. The van der Waals surface area contributed by atoms with Crippen LogP contribution < -0.4 is 0 Å². The fourth-order valence-corrected chi connectivity index (χ4v) is 5.37. The average molecular weight is 460 g/mol. The highest BCUT2D eigenvalue weighted by Crippen LogP contribution is 2.26. The van der Waals surface area contributed by atoms with Gasteiger partial charge in [-0.1, -0.05) is 18.2 Å². The summed E-state index contributed by atoms with van der Waals surface area (Å²) in [6.45, 7) is 1.59. The zero-order valence-electron chi connectivity index (χ0n) is 18.2. The van der Waals surface area contributed by atoms with Crippen LogP contribution in [0.15, 0.2) is 67.1 Å². The number of nitrogens with zero attached hydrogens (tertiary/aromatic N) is 5. The van der Waals surface area contributed by atoms with Crippen LogP contribution in [0, 0.1) is 0 Å². The molecule has 1 aromatic carbocycles. The molecule has 1 unspecified atom stereocenters. The fourth-order valence-electron chi connectivity index (χ4n) is 4.22. The van der Waals surface area contributed by atoms with E-state index < -0.39 is 0 Å². The number of aromatic nitrogens is 3.